The minimum Gasteiger partial charge on any atom is -0.392 e. The van der Waals surface area contributed by atoms with Crippen LogP contribution in [0.3, 0.4) is 0 Å². The van der Waals surface area contributed by atoms with E-state index < -0.39 is 10.0 Å². The topological polar surface area (TPSA) is 66.8 Å². The van der Waals surface area contributed by atoms with Gasteiger partial charge in [0.15, 0.2) is 0 Å². The predicted octanol–water partition coefficient (Wildman–Crippen LogP) is 1.91. The lowest BCUT2D eigenvalue weighted by Gasteiger charge is -2.19. The van der Waals surface area contributed by atoms with E-state index in [1.165, 1.54) is 10.4 Å². The Kier molecular flexibility index (Phi) is 6.60. The predicted molar refractivity (Wildman–Crippen MR) is 81.1 cm³/mol. The number of hydrogen-bond donors (Lipinski definition) is 1. The third kappa shape index (κ3) is 4.02. The second kappa shape index (κ2) is 7.51. The zero-order valence-corrected chi connectivity index (χ0v) is 14.3. The van der Waals surface area contributed by atoms with Gasteiger partial charge in [0.25, 0.3) is 0 Å². The average Bonchev–Trinajstić information content (AvgIpc) is 2.41. The van der Waals surface area contributed by atoms with Gasteiger partial charge < -0.3 is 9.84 Å². The van der Waals surface area contributed by atoms with E-state index in [9.17, 15) is 13.5 Å². The van der Waals surface area contributed by atoms with E-state index in [2.05, 4.69) is 15.9 Å². The van der Waals surface area contributed by atoms with Crippen LogP contribution in [0, 0.1) is 6.92 Å². The number of hydrogen-bond acceptors (Lipinski definition) is 4. The summed E-state index contributed by atoms with van der Waals surface area (Å²) < 4.78 is 31.8. The van der Waals surface area contributed by atoms with Crippen molar-refractivity contribution in [1.29, 1.82) is 0 Å². The first-order valence-corrected chi connectivity index (χ1v) is 8.43. The van der Waals surface area contributed by atoms with Crippen LogP contribution in [0.4, 0.5) is 0 Å². The summed E-state index contributed by atoms with van der Waals surface area (Å²) >= 11 is 3.32. The van der Waals surface area contributed by atoms with Crippen LogP contribution in [-0.2, 0) is 21.4 Å². The number of nitrogens with zero attached hydrogens (tertiary/aromatic N) is 1. The van der Waals surface area contributed by atoms with E-state index in [1.54, 1.807) is 27.1 Å². The molecule has 1 rings (SSSR count). The molecule has 114 valence electrons. The minimum absolute atomic E-state index is 0.182. The van der Waals surface area contributed by atoms with Crippen LogP contribution in [0.1, 0.15) is 17.5 Å². The molecule has 1 aromatic carbocycles. The zero-order chi connectivity index (χ0) is 15.3. The highest BCUT2D eigenvalue weighted by molar-refractivity contribution is 9.10. The highest BCUT2D eigenvalue weighted by Crippen LogP contribution is 2.29. The molecule has 0 saturated carbocycles. The lowest BCUT2D eigenvalue weighted by atomic mass is 10.1. The van der Waals surface area contributed by atoms with Gasteiger partial charge in [-0.1, -0.05) is 6.07 Å². The first kappa shape index (κ1) is 17.6. The van der Waals surface area contributed by atoms with E-state index in [-0.39, 0.29) is 11.5 Å². The second-order valence-electron chi connectivity index (χ2n) is 4.56. The molecule has 1 N–H and O–H groups in total. The molecule has 0 aliphatic rings. The molecule has 0 saturated heterocycles. The van der Waals surface area contributed by atoms with Crippen LogP contribution in [0.2, 0.25) is 0 Å². The number of ether oxygens (including phenoxy) is 1. The molecular weight excluding hydrogens is 346 g/mol. The van der Waals surface area contributed by atoms with Crippen LogP contribution < -0.4 is 0 Å². The van der Waals surface area contributed by atoms with Crippen LogP contribution in [0.5, 0.6) is 0 Å². The molecule has 5 nitrogen and oxygen atoms in total. The Bertz CT molecular complexity index is 560. The number of aliphatic hydroxyl groups excluding tert-OH is 1. The monoisotopic (exact) mass is 365 g/mol. The van der Waals surface area contributed by atoms with Gasteiger partial charge in [-0.2, -0.15) is 0 Å². The molecule has 0 aromatic heterocycles. The van der Waals surface area contributed by atoms with Crippen molar-refractivity contribution in [2.45, 2.75) is 24.8 Å². The van der Waals surface area contributed by atoms with Gasteiger partial charge in [0.05, 0.1) is 11.5 Å². The van der Waals surface area contributed by atoms with Gasteiger partial charge in [0.1, 0.15) is 0 Å². The summed E-state index contributed by atoms with van der Waals surface area (Å²) in [6, 6.07) is 3.26. The van der Waals surface area contributed by atoms with E-state index >= 15 is 0 Å². The number of rotatable bonds is 7. The lowest BCUT2D eigenvalue weighted by Crippen LogP contribution is -2.29. The number of methoxy groups -OCH3 is 1. The van der Waals surface area contributed by atoms with Crippen molar-refractivity contribution in [3.63, 3.8) is 0 Å². The fraction of sp³-hybridized carbons (Fsp3) is 0.538. The van der Waals surface area contributed by atoms with Gasteiger partial charge >= 0.3 is 0 Å². The molecule has 0 amide bonds. The largest absolute Gasteiger partial charge is 0.392 e. The first-order chi connectivity index (χ1) is 9.34. The summed E-state index contributed by atoms with van der Waals surface area (Å²) in [5, 5.41) is 9.21. The molecule has 0 spiro atoms. The summed E-state index contributed by atoms with van der Waals surface area (Å²) in [5.41, 5.74) is 1.36. The molecule has 0 bridgehead atoms. The van der Waals surface area contributed by atoms with E-state index in [0.29, 0.717) is 29.6 Å². The van der Waals surface area contributed by atoms with Crippen LogP contribution >= 0.6 is 15.9 Å². The van der Waals surface area contributed by atoms with E-state index in [4.69, 9.17) is 4.74 Å². The van der Waals surface area contributed by atoms with Crippen molar-refractivity contribution >= 4 is 26.0 Å². The van der Waals surface area contributed by atoms with Gasteiger partial charge in [-0.05, 0) is 46.5 Å². The minimum atomic E-state index is -3.59. The number of sulfonamides is 1. The number of halogens is 1. The second-order valence-corrected chi connectivity index (χ2v) is 7.36. The summed E-state index contributed by atoms with van der Waals surface area (Å²) in [7, 11) is -0.463. The Balaban J connectivity index is 3.11. The maximum atomic E-state index is 12.5. The van der Waals surface area contributed by atoms with Crippen LogP contribution in [-0.4, -0.2) is 45.1 Å². The molecule has 0 aliphatic carbocycles. The number of benzene rings is 1. The van der Waals surface area contributed by atoms with Crippen molar-refractivity contribution in [3.05, 3.63) is 27.7 Å². The van der Waals surface area contributed by atoms with Gasteiger partial charge in [0, 0.05) is 31.8 Å². The fourth-order valence-electron chi connectivity index (χ4n) is 1.81. The SMILES string of the molecule is COCCCN(C)S(=O)(=O)c1cc(CO)cc(C)c1Br. The average molecular weight is 366 g/mol. The molecule has 0 unspecified atom stereocenters. The van der Waals surface area contributed by atoms with Gasteiger partial charge in [-0.15, -0.1) is 0 Å². The molecule has 20 heavy (non-hydrogen) atoms. The molecule has 0 aliphatic heterocycles. The maximum absolute atomic E-state index is 12.5. The Morgan fingerprint density at radius 2 is 2.05 bits per heavy atom. The van der Waals surface area contributed by atoms with Crippen LogP contribution in [0.25, 0.3) is 0 Å². The number of aryl methyl sites for hydroxylation is 1. The standard InChI is InChI=1S/C13H20BrNO4S/c1-10-7-11(9-16)8-12(13(10)14)20(17,18)15(2)5-4-6-19-3/h7-8,16H,4-6,9H2,1-3H3. The lowest BCUT2D eigenvalue weighted by molar-refractivity contribution is 0.189. The number of aliphatic hydroxyl groups is 1. The Hall–Kier alpha value is -0.470. The normalized spacial score (nSPS) is 12.1. The van der Waals surface area contributed by atoms with Gasteiger partial charge in [-0.3, -0.25) is 0 Å². The quantitative estimate of drug-likeness (QED) is 0.749. The van der Waals surface area contributed by atoms with Gasteiger partial charge in [-0.25, -0.2) is 12.7 Å². The summed E-state index contributed by atoms with van der Waals surface area (Å²) in [6.07, 6.45) is 0.628. The van der Waals surface area contributed by atoms with Crippen molar-refractivity contribution < 1.29 is 18.3 Å². The molecule has 0 heterocycles. The Labute approximate surface area is 128 Å². The highest BCUT2D eigenvalue weighted by atomic mass is 79.9. The van der Waals surface area contributed by atoms with Crippen molar-refractivity contribution in [2.24, 2.45) is 0 Å². The Morgan fingerprint density at radius 1 is 1.40 bits per heavy atom. The summed E-state index contributed by atoms with van der Waals surface area (Å²) in [5.74, 6) is 0. The molecule has 0 fully saturated rings. The van der Waals surface area contributed by atoms with Crippen LogP contribution in [0.15, 0.2) is 21.5 Å². The molecule has 7 heteroatoms. The third-order valence-electron chi connectivity index (χ3n) is 2.97. The molecule has 0 atom stereocenters. The summed E-state index contributed by atoms with van der Waals surface area (Å²) in [4.78, 5) is 0.182. The maximum Gasteiger partial charge on any atom is 0.243 e. The Morgan fingerprint density at radius 3 is 2.60 bits per heavy atom. The third-order valence-corrected chi connectivity index (χ3v) is 6.17. The van der Waals surface area contributed by atoms with Crippen molar-refractivity contribution in [2.75, 3.05) is 27.3 Å². The molecule has 0 radical (unpaired) electrons. The van der Waals surface area contributed by atoms with E-state index in [1.807, 2.05) is 0 Å². The fourth-order valence-corrected chi connectivity index (χ4v) is 4.04. The zero-order valence-electron chi connectivity index (χ0n) is 11.9. The molecular formula is C13H20BrNO4S. The summed E-state index contributed by atoms with van der Waals surface area (Å²) in [6.45, 7) is 2.50. The molecule has 1 aromatic rings. The van der Waals surface area contributed by atoms with Crippen molar-refractivity contribution in [1.82, 2.24) is 4.31 Å². The van der Waals surface area contributed by atoms with Crippen molar-refractivity contribution in [3.8, 4) is 0 Å². The first-order valence-electron chi connectivity index (χ1n) is 6.19. The van der Waals surface area contributed by atoms with Gasteiger partial charge in [0.2, 0.25) is 10.0 Å². The highest BCUT2D eigenvalue weighted by Gasteiger charge is 2.24. The van der Waals surface area contributed by atoms with E-state index in [0.717, 1.165) is 5.56 Å². The smallest absolute Gasteiger partial charge is 0.243 e.